The average molecular weight is 386 g/mol. The first-order chi connectivity index (χ1) is 12.9. The quantitative estimate of drug-likeness (QED) is 0.670. The number of aromatic nitrogens is 1. The van der Waals surface area contributed by atoms with Gasteiger partial charge in [-0.1, -0.05) is 23.7 Å². The lowest BCUT2D eigenvalue weighted by Crippen LogP contribution is -2.41. The third-order valence-corrected chi connectivity index (χ3v) is 4.50. The van der Waals surface area contributed by atoms with Crippen molar-refractivity contribution in [2.45, 2.75) is 13.8 Å². The molecule has 0 unspecified atom stereocenters. The lowest BCUT2D eigenvalue weighted by molar-refractivity contribution is 0.0846. The minimum atomic E-state index is -0.513. The van der Waals surface area contributed by atoms with E-state index < -0.39 is 11.8 Å². The van der Waals surface area contributed by atoms with Crippen LogP contribution in [0.15, 0.2) is 54.6 Å². The molecule has 1 heterocycles. The molecule has 3 rings (SSSR count). The van der Waals surface area contributed by atoms with E-state index in [-0.39, 0.29) is 11.4 Å². The Morgan fingerprint density at radius 3 is 2.15 bits per heavy atom. The van der Waals surface area contributed by atoms with E-state index in [1.807, 2.05) is 11.5 Å². The van der Waals surface area contributed by atoms with Gasteiger partial charge in [0.2, 0.25) is 0 Å². The molecule has 1 aromatic heterocycles. The fourth-order valence-electron chi connectivity index (χ4n) is 2.87. The number of hydrogen-bond acceptors (Lipinski definition) is 2. The number of hydrazine groups is 1. The lowest BCUT2D eigenvalue weighted by Gasteiger charge is -2.11. The molecule has 5 nitrogen and oxygen atoms in total. The number of carbonyl (C=O) groups is 2. The topological polar surface area (TPSA) is 63.1 Å². The smallest absolute Gasteiger partial charge is 0.271 e. The first-order valence-corrected chi connectivity index (χ1v) is 8.56. The summed E-state index contributed by atoms with van der Waals surface area (Å²) in [5.74, 6) is -1.31. The van der Waals surface area contributed by atoms with Crippen LogP contribution in [0.5, 0.6) is 0 Å². The van der Waals surface area contributed by atoms with Gasteiger partial charge in [-0.05, 0) is 56.3 Å². The molecule has 138 valence electrons. The maximum Gasteiger partial charge on any atom is 0.271 e. The van der Waals surface area contributed by atoms with Gasteiger partial charge >= 0.3 is 0 Å². The van der Waals surface area contributed by atoms with Gasteiger partial charge in [-0.15, -0.1) is 0 Å². The number of aryl methyl sites for hydroxylation is 1. The number of amides is 2. The summed E-state index contributed by atoms with van der Waals surface area (Å²) in [6.45, 7) is 3.62. The number of carbonyl (C=O) groups excluding carboxylic acids is 2. The van der Waals surface area contributed by atoms with E-state index in [0.29, 0.717) is 16.3 Å². The third kappa shape index (κ3) is 3.85. The highest BCUT2D eigenvalue weighted by molar-refractivity contribution is 6.33. The Kier molecular flexibility index (Phi) is 5.28. The number of nitrogens with zero attached hydrogens (tertiary/aromatic N) is 1. The molecule has 0 fully saturated rings. The van der Waals surface area contributed by atoms with Gasteiger partial charge in [0.25, 0.3) is 11.8 Å². The van der Waals surface area contributed by atoms with Gasteiger partial charge in [0, 0.05) is 17.1 Å². The second-order valence-electron chi connectivity index (χ2n) is 5.98. The fraction of sp³-hybridized carbons (Fsp3) is 0.100. The fourth-order valence-corrected chi connectivity index (χ4v) is 3.10. The molecule has 0 saturated carbocycles. The van der Waals surface area contributed by atoms with Crippen LogP contribution in [0.2, 0.25) is 5.02 Å². The molecule has 0 saturated heterocycles. The van der Waals surface area contributed by atoms with Crippen LogP contribution in [0.25, 0.3) is 5.69 Å². The van der Waals surface area contributed by atoms with Crippen molar-refractivity contribution in [1.82, 2.24) is 15.4 Å². The molecule has 2 aromatic carbocycles. The molecule has 0 aliphatic rings. The molecular weight excluding hydrogens is 369 g/mol. The summed E-state index contributed by atoms with van der Waals surface area (Å²) in [5.41, 5.74) is 7.63. The van der Waals surface area contributed by atoms with Gasteiger partial charge in [0.1, 0.15) is 5.82 Å². The van der Waals surface area contributed by atoms with Crippen molar-refractivity contribution < 1.29 is 14.0 Å². The predicted octanol–water partition coefficient (Wildman–Crippen LogP) is 3.96. The van der Waals surface area contributed by atoms with Gasteiger partial charge < -0.3 is 4.57 Å². The van der Waals surface area contributed by atoms with Gasteiger partial charge in [-0.2, -0.15) is 0 Å². The predicted molar refractivity (Wildman–Crippen MR) is 102 cm³/mol. The van der Waals surface area contributed by atoms with Crippen molar-refractivity contribution >= 4 is 23.4 Å². The minimum Gasteiger partial charge on any atom is -0.318 e. The van der Waals surface area contributed by atoms with Gasteiger partial charge in [-0.25, -0.2) is 4.39 Å². The van der Waals surface area contributed by atoms with E-state index in [1.54, 1.807) is 49.4 Å². The van der Waals surface area contributed by atoms with Crippen molar-refractivity contribution in [3.8, 4) is 5.69 Å². The van der Waals surface area contributed by atoms with Crippen LogP contribution in [0.1, 0.15) is 32.1 Å². The largest absolute Gasteiger partial charge is 0.318 e. The molecule has 0 atom stereocenters. The third-order valence-electron chi connectivity index (χ3n) is 4.17. The molecule has 3 aromatic rings. The Bertz CT molecular complexity index is 1010. The van der Waals surface area contributed by atoms with Crippen LogP contribution in [0.3, 0.4) is 0 Å². The molecule has 27 heavy (non-hydrogen) atoms. The average Bonchev–Trinajstić information content (AvgIpc) is 2.95. The highest BCUT2D eigenvalue weighted by atomic mass is 35.5. The summed E-state index contributed by atoms with van der Waals surface area (Å²) < 4.78 is 15.0. The Morgan fingerprint density at radius 1 is 0.926 bits per heavy atom. The van der Waals surface area contributed by atoms with E-state index in [2.05, 4.69) is 10.9 Å². The summed E-state index contributed by atoms with van der Waals surface area (Å²) in [4.78, 5) is 24.7. The van der Waals surface area contributed by atoms with E-state index in [9.17, 15) is 14.0 Å². The molecule has 0 radical (unpaired) electrons. The molecule has 2 N–H and O–H groups in total. The zero-order valence-electron chi connectivity index (χ0n) is 14.7. The number of nitrogens with one attached hydrogen (secondary N) is 2. The van der Waals surface area contributed by atoms with Crippen LogP contribution < -0.4 is 10.9 Å². The van der Waals surface area contributed by atoms with Crippen LogP contribution in [0.4, 0.5) is 4.39 Å². The Morgan fingerprint density at radius 2 is 1.52 bits per heavy atom. The zero-order valence-corrected chi connectivity index (χ0v) is 15.5. The van der Waals surface area contributed by atoms with Crippen LogP contribution in [-0.4, -0.2) is 16.4 Å². The number of hydrogen-bond donors (Lipinski definition) is 2. The van der Waals surface area contributed by atoms with Crippen molar-refractivity contribution in [1.29, 1.82) is 0 Å². The summed E-state index contributed by atoms with van der Waals surface area (Å²) >= 11 is 5.98. The molecular formula is C20H17ClFN3O2. The zero-order chi connectivity index (χ0) is 19.6. The Balaban J connectivity index is 1.78. The van der Waals surface area contributed by atoms with Crippen LogP contribution in [-0.2, 0) is 0 Å². The maximum absolute atomic E-state index is 13.2. The Labute approximate surface area is 160 Å². The second-order valence-corrected chi connectivity index (χ2v) is 6.39. The summed E-state index contributed by atoms with van der Waals surface area (Å²) in [7, 11) is 0. The van der Waals surface area contributed by atoms with Crippen LogP contribution in [0, 0.1) is 19.7 Å². The summed E-state index contributed by atoms with van der Waals surface area (Å²) in [6, 6.07) is 14.2. The van der Waals surface area contributed by atoms with Crippen molar-refractivity contribution in [2.24, 2.45) is 0 Å². The normalized spacial score (nSPS) is 10.5. The van der Waals surface area contributed by atoms with E-state index in [0.717, 1.165) is 11.4 Å². The monoisotopic (exact) mass is 385 g/mol. The van der Waals surface area contributed by atoms with E-state index >= 15 is 0 Å². The summed E-state index contributed by atoms with van der Waals surface area (Å²) in [5, 5.41) is 0.290. The molecule has 2 amide bonds. The maximum atomic E-state index is 13.2. The van der Waals surface area contributed by atoms with Gasteiger partial charge in [0.15, 0.2) is 0 Å². The standard InChI is InChI=1S/C20H17ClFN3O2/c1-12-11-17(13(2)25(12)15-9-7-14(22)8-10-15)20(27)24-23-19(26)16-5-3-4-6-18(16)21/h3-11H,1-2H3,(H,23,26)(H,24,27). The van der Waals surface area contributed by atoms with Crippen molar-refractivity contribution in [3.05, 3.63) is 88.0 Å². The van der Waals surface area contributed by atoms with E-state index in [1.165, 1.54) is 12.1 Å². The molecule has 0 bridgehead atoms. The molecule has 0 spiro atoms. The highest BCUT2D eigenvalue weighted by Gasteiger charge is 2.18. The van der Waals surface area contributed by atoms with Gasteiger partial charge in [-0.3, -0.25) is 20.4 Å². The number of benzene rings is 2. The molecule has 7 heteroatoms. The second kappa shape index (κ2) is 7.63. The van der Waals surface area contributed by atoms with E-state index in [4.69, 9.17) is 11.6 Å². The highest BCUT2D eigenvalue weighted by Crippen LogP contribution is 2.21. The van der Waals surface area contributed by atoms with Crippen molar-refractivity contribution in [2.75, 3.05) is 0 Å². The van der Waals surface area contributed by atoms with Crippen LogP contribution >= 0.6 is 11.6 Å². The lowest BCUT2D eigenvalue weighted by atomic mass is 10.2. The first-order valence-electron chi connectivity index (χ1n) is 8.18. The van der Waals surface area contributed by atoms with Gasteiger partial charge in [0.05, 0.1) is 16.1 Å². The SMILES string of the molecule is Cc1cc(C(=O)NNC(=O)c2ccccc2Cl)c(C)n1-c1ccc(F)cc1. The number of halogens is 2. The van der Waals surface area contributed by atoms with Crippen molar-refractivity contribution in [3.63, 3.8) is 0 Å². The Hall–Kier alpha value is -3.12. The number of rotatable bonds is 3. The molecule has 0 aliphatic carbocycles. The molecule has 0 aliphatic heterocycles. The summed E-state index contributed by atoms with van der Waals surface area (Å²) in [6.07, 6.45) is 0. The first kappa shape index (κ1) is 18.7. The minimum absolute atomic E-state index is 0.260.